The average Bonchev–Trinajstić information content (AvgIpc) is 2.93. The summed E-state index contributed by atoms with van der Waals surface area (Å²) >= 11 is 0. The topological polar surface area (TPSA) is 92.5 Å². The summed E-state index contributed by atoms with van der Waals surface area (Å²) in [5, 5.41) is 3.67. The molecule has 2 heterocycles. The van der Waals surface area contributed by atoms with E-state index in [1.807, 2.05) is 4.90 Å². The van der Waals surface area contributed by atoms with E-state index in [9.17, 15) is 13.2 Å². The van der Waals surface area contributed by atoms with Crippen LogP contribution in [0.1, 0.15) is 50.0 Å². The van der Waals surface area contributed by atoms with Gasteiger partial charge in [0.2, 0.25) is 15.9 Å². The molecule has 0 spiro atoms. The maximum Gasteiger partial charge on any atom is 0.245 e. The molecule has 140 valence electrons. The van der Waals surface area contributed by atoms with Crippen molar-refractivity contribution in [1.82, 2.24) is 14.8 Å². The van der Waals surface area contributed by atoms with E-state index in [4.69, 9.17) is 4.52 Å². The molecule has 1 saturated heterocycles. The minimum absolute atomic E-state index is 0.0329. The van der Waals surface area contributed by atoms with Crippen LogP contribution in [-0.2, 0) is 14.8 Å². The van der Waals surface area contributed by atoms with Crippen LogP contribution < -0.4 is 4.72 Å². The first-order valence-corrected chi connectivity index (χ1v) is 10.6. The molecule has 0 aromatic carbocycles. The molecule has 1 N–H and O–H groups in total. The highest BCUT2D eigenvalue weighted by Crippen LogP contribution is 2.36. The number of sulfonamides is 1. The Labute approximate surface area is 149 Å². The third-order valence-corrected chi connectivity index (χ3v) is 7.22. The lowest BCUT2D eigenvalue weighted by atomic mass is 9.75. The number of piperidine rings is 1. The fourth-order valence-corrected chi connectivity index (χ4v) is 5.57. The summed E-state index contributed by atoms with van der Waals surface area (Å²) in [7, 11) is -3.70. The summed E-state index contributed by atoms with van der Waals surface area (Å²) in [5.41, 5.74) is 0.329. The fourth-order valence-electron chi connectivity index (χ4n) is 4.21. The molecule has 0 radical (unpaired) electrons. The van der Waals surface area contributed by atoms with Crippen molar-refractivity contribution in [3.05, 3.63) is 11.5 Å². The maximum absolute atomic E-state index is 12.4. The zero-order chi connectivity index (χ0) is 18.0. The molecule has 2 atom stereocenters. The third kappa shape index (κ3) is 4.06. The maximum atomic E-state index is 12.4. The van der Waals surface area contributed by atoms with Crippen molar-refractivity contribution >= 4 is 15.9 Å². The fraction of sp³-hybridized carbons (Fsp3) is 0.765. The number of amides is 1. The Bertz CT molecular complexity index is 709. The van der Waals surface area contributed by atoms with Crippen LogP contribution in [0.15, 0.2) is 9.42 Å². The van der Waals surface area contributed by atoms with Gasteiger partial charge in [-0.05, 0) is 38.5 Å². The highest BCUT2D eigenvalue weighted by atomic mass is 32.2. The molecule has 7 nitrogen and oxygen atoms in total. The Morgan fingerprint density at radius 3 is 2.64 bits per heavy atom. The van der Waals surface area contributed by atoms with E-state index < -0.39 is 10.0 Å². The number of carbonyl (C=O) groups excluding carboxylic acids is 1. The van der Waals surface area contributed by atoms with Gasteiger partial charge in [0.25, 0.3) is 0 Å². The Balaban J connectivity index is 1.51. The van der Waals surface area contributed by atoms with Crippen LogP contribution in [0.4, 0.5) is 0 Å². The van der Waals surface area contributed by atoms with Crippen molar-refractivity contribution in [3.63, 3.8) is 0 Å². The lowest BCUT2D eigenvalue weighted by molar-refractivity contribution is -0.134. The van der Waals surface area contributed by atoms with E-state index in [-0.39, 0.29) is 29.5 Å². The van der Waals surface area contributed by atoms with Gasteiger partial charge in [-0.3, -0.25) is 4.79 Å². The number of nitrogens with one attached hydrogen (secondary N) is 1. The SMILES string of the molecule is Cc1noc(C)c1S(=O)(=O)NCCC(=O)N1CC[C@H]2CCCC[C@@H]2C1. The van der Waals surface area contributed by atoms with Crippen molar-refractivity contribution in [1.29, 1.82) is 0 Å². The second kappa shape index (κ2) is 7.45. The van der Waals surface area contributed by atoms with Gasteiger partial charge < -0.3 is 9.42 Å². The van der Waals surface area contributed by atoms with E-state index >= 15 is 0 Å². The second-order valence-corrected chi connectivity index (χ2v) is 8.94. The average molecular weight is 369 g/mol. The molecule has 2 fully saturated rings. The lowest BCUT2D eigenvalue weighted by Gasteiger charge is -2.41. The first-order valence-electron chi connectivity index (χ1n) is 9.09. The summed E-state index contributed by atoms with van der Waals surface area (Å²) in [4.78, 5) is 14.4. The standard InChI is InChI=1S/C17H27N3O4S/c1-12-17(13(2)24-19-12)25(22,23)18-9-7-16(21)20-10-8-14-5-3-4-6-15(14)11-20/h14-15,18H,3-11H2,1-2H3/t14-,15-/m1/s1. The molecule has 8 heteroatoms. The van der Waals surface area contributed by atoms with Gasteiger partial charge >= 0.3 is 0 Å². The predicted octanol–water partition coefficient (Wildman–Crippen LogP) is 2.00. The van der Waals surface area contributed by atoms with Crippen molar-refractivity contribution in [2.45, 2.75) is 57.3 Å². The molecule has 1 amide bonds. The molecule has 3 rings (SSSR count). The van der Waals surface area contributed by atoms with E-state index in [0.29, 0.717) is 11.6 Å². The minimum atomic E-state index is -3.70. The van der Waals surface area contributed by atoms with Crippen LogP contribution in [0, 0.1) is 25.7 Å². The predicted molar refractivity (Wildman–Crippen MR) is 92.4 cm³/mol. The zero-order valence-electron chi connectivity index (χ0n) is 15.0. The number of likely N-dealkylation sites (tertiary alicyclic amines) is 1. The highest BCUT2D eigenvalue weighted by molar-refractivity contribution is 7.89. The molecule has 1 aromatic rings. The van der Waals surface area contributed by atoms with E-state index in [2.05, 4.69) is 9.88 Å². The molecule has 1 aliphatic heterocycles. The summed E-state index contributed by atoms with van der Waals surface area (Å²) in [5.74, 6) is 1.70. The minimum Gasteiger partial charge on any atom is -0.360 e. The molecule has 0 bridgehead atoms. The molecular weight excluding hydrogens is 342 g/mol. The van der Waals surface area contributed by atoms with E-state index in [0.717, 1.165) is 25.4 Å². The molecule has 1 saturated carbocycles. The van der Waals surface area contributed by atoms with Gasteiger partial charge in [-0.2, -0.15) is 0 Å². The number of nitrogens with zero attached hydrogens (tertiary/aromatic N) is 2. The number of fused-ring (bicyclic) bond motifs is 1. The van der Waals surface area contributed by atoms with Crippen LogP contribution in [-0.4, -0.2) is 44.0 Å². The highest BCUT2D eigenvalue weighted by Gasteiger charge is 2.33. The van der Waals surface area contributed by atoms with E-state index in [1.165, 1.54) is 25.7 Å². The molecular formula is C17H27N3O4S. The number of aryl methyl sites for hydroxylation is 2. The first-order chi connectivity index (χ1) is 11.9. The summed E-state index contributed by atoms with van der Waals surface area (Å²) in [6, 6.07) is 0. The van der Waals surface area contributed by atoms with Crippen molar-refractivity contribution in [2.24, 2.45) is 11.8 Å². The smallest absolute Gasteiger partial charge is 0.245 e. The Morgan fingerprint density at radius 1 is 1.24 bits per heavy atom. The van der Waals surface area contributed by atoms with Gasteiger partial charge in [0.1, 0.15) is 10.6 Å². The van der Waals surface area contributed by atoms with Gasteiger partial charge in [-0.15, -0.1) is 0 Å². The second-order valence-electron chi connectivity index (χ2n) is 7.23. The van der Waals surface area contributed by atoms with Crippen LogP contribution in [0.5, 0.6) is 0 Å². The van der Waals surface area contributed by atoms with E-state index in [1.54, 1.807) is 13.8 Å². The number of carbonyl (C=O) groups is 1. The van der Waals surface area contributed by atoms with Gasteiger partial charge in [-0.1, -0.05) is 24.4 Å². The van der Waals surface area contributed by atoms with Gasteiger partial charge in [0, 0.05) is 26.1 Å². The Kier molecular flexibility index (Phi) is 5.48. The summed E-state index contributed by atoms with van der Waals surface area (Å²) < 4.78 is 32.1. The Hall–Kier alpha value is -1.41. The zero-order valence-corrected chi connectivity index (χ0v) is 15.8. The van der Waals surface area contributed by atoms with Gasteiger partial charge in [0.15, 0.2) is 5.76 Å². The molecule has 2 aliphatic rings. The van der Waals surface area contributed by atoms with Gasteiger partial charge in [-0.25, -0.2) is 13.1 Å². The van der Waals surface area contributed by atoms with Crippen molar-refractivity contribution < 1.29 is 17.7 Å². The first kappa shape index (κ1) is 18.4. The van der Waals surface area contributed by atoms with Crippen molar-refractivity contribution in [3.8, 4) is 0 Å². The monoisotopic (exact) mass is 369 g/mol. The van der Waals surface area contributed by atoms with Crippen molar-refractivity contribution in [2.75, 3.05) is 19.6 Å². The lowest BCUT2D eigenvalue weighted by Crippen LogP contribution is -2.45. The summed E-state index contributed by atoms with van der Waals surface area (Å²) in [6.07, 6.45) is 6.36. The third-order valence-electron chi connectivity index (χ3n) is 5.51. The summed E-state index contributed by atoms with van der Waals surface area (Å²) in [6.45, 7) is 4.88. The van der Waals surface area contributed by atoms with Crippen LogP contribution in [0.25, 0.3) is 0 Å². The molecule has 0 unspecified atom stereocenters. The molecule has 1 aliphatic carbocycles. The molecule has 1 aromatic heterocycles. The Morgan fingerprint density at radius 2 is 1.96 bits per heavy atom. The number of rotatable bonds is 5. The molecule has 25 heavy (non-hydrogen) atoms. The quantitative estimate of drug-likeness (QED) is 0.857. The van der Waals surface area contributed by atoms with Crippen LogP contribution >= 0.6 is 0 Å². The van der Waals surface area contributed by atoms with Crippen LogP contribution in [0.2, 0.25) is 0 Å². The normalized spacial score (nSPS) is 24.2. The van der Waals surface area contributed by atoms with Gasteiger partial charge in [0.05, 0.1) is 0 Å². The largest absolute Gasteiger partial charge is 0.360 e. The number of hydrogen-bond donors (Lipinski definition) is 1. The number of hydrogen-bond acceptors (Lipinski definition) is 5. The number of aromatic nitrogens is 1. The van der Waals surface area contributed by atoms with Crippen LogP contribution in [0.3, 0.4) is 0 Å².